The van der Waals surface area contributed by atoms with Crippen molar-refractivity contribution < 1.29 is 102 Å². The molecule has 0 amide bonds. The van der Waals surface area contributed by atoms with E-state index in [-0.39, 0.29) is 44.9 Å². The summed E-state index contributed by atoms with van der Waals surface area (Å²) < 4.78 is 73.9. The van der Waals surface area contributed by atoms with Gasteiger partial charge in [-0.25, -0.2) is 4.79 Å². The average Bonchev–Trinajstić information content (AvgIpc) is 2.25. The molecule has 0 radical (unpaired) electrons. The molecule has 4 saturated heterocycles. The maximum absolute atomic E-state index is 13.0. The van der Waals surface area contributed by atoms with Crippen LogP contribution in [0.25, 0.3) is 6.08 Å². The van der Waals surface area contributed by atoms with Crippen LogP contribution in [0.5, 0.6) is 0 Å². The number of rotatable bonds is 16. The lowest BCUT2D eigenvalue weighted by atomic mass is 9.38. The highest BCUT2D eigenvalue weighted by Crippen LogP contribution is 2.72. The second-order valence-electron chi connectivity index (χ2n) is 24.7. The zero-order chi connectivity index (χ0) is 57.9. The van der Waals surface area contributed by atoms with E-state index in [1.807, 2.05) is 50.3 Å². The number of esters is 1. The minimum atomic E-state index is -2.18. The van der Waals surface area contributed by atoms with Gasteiger partial charge in [-0.15, -0.1) is 0 Å². The topological polar surface area (TPSA) is 290 Å². The predicted molar refractivity (Wildman–Crippen MR) is 284 cm³/mol. The Morgan fingerprint density at radius 1 is 0.625 bits per heavy atom. The number of ether oxygens (including phenoxy) is 12. The van der Waals surface area contributed by atoms with Gasteiger partial charge in [-0.05, 0) is 72.3 Å². The van der Waals surface area contributed by atoms with Crippen LogP contribution in [0.3, 0.4) is 0 Å². The van der Waals surface area contributed by atoms with E-state index >= 15 is 0 Å². The molecule has 27 atom stereocenters. The zero-order valence-electron chi connectivity index (χ0n) is 48.0. The van der Waals surface area contributed by atoms with E-state index < -0.39 is 174 Å². The Labute approximate surface area is 469 Å². The number of hydrogen-bond acceptors (Lipinski definition) is 21. The van der Waals surface area contributed by atoms with E-state index in [2.05, 4.69) is 0 Å². The molecular formula is C59H90O21. The van der Waals surface area contributed by atoms with Crippen molar-refractivity contribution in [3.63, 3.8) is 0 Å². The van der Waals surface area contributed by atoms with Gasteiger partial charge in [0.2, 0.25) is 0 Å². The predicted octanol–water partition coefficient (Wildman–Crippen LogP) is 3.10. The molecule has 0 aromatic heterocycles. The Morgan fingerprint density at radius 3 is 1.74 bits per heavy atom. The Hall–Kier alpha value is -2.59. The Balaban J connectivity index is 0.779. The molecule has 0 spiro atoms. The Bertz CT molecular complexity index is 2300. The van der Waals surface area contributed by atoms with E-state index in [0.717, 1.165) is 5.56 Å². The molecule has 4 aliphatic heterocycles. The molecule has 4 heterocycles. The monoisotopic (exact) mass is 1130 g/mol. The molecule has 452 valence electrons. The van der Waals surface area contributed by atoms with Crippen LogP contribution < -0.4 is 0 Å². The lowest BCUT2D eigenvalue weighted by Crippen LogP contribution is -2.83. The maximum Gasteiger partial charge on any atom is 0.331 e. The third-order valence-corrected chi connectivity index (χ3v) is 20.5. The van der Waals surface area contributed by atoms with Crippen molar-refractivity contribution in [2.75, 3.05) is 21.3 Å². The highest BCUT2D eigenvalue weighted by atomic mass is 16.8. The fourth-order valence-electron chi connectivity index (χ4n) is 15.7. The summed E-state index contributed by atoms with van der Waals surface area (Å²) in [5, 5.41) is 97.4. The van der Waals surface area contributed by atoms with Crippen LogP contribution >= 0.6 is 0 Å². The van der Waals surface area contributed by atoms with Crippen molar-refractivity contribution in [2.45, 2.75) is 264 Å². The summed E-state index contributed by atoms with van der Waals surface area (Å²) in [4.78, 5) is 13.0. The molecular weight excluding hydrogens is 1040 g/mol. The zero-order valence-corrected chi connectivity index (χ0v) is 48.0. The third-order valence-electron chi connectivity index (χ3n) is 20.5. The molecule has 8 aliphatic rings. The molecule has 21 heteroatoms. The van der Waals surface area contributed by atoms with Gasteiger partial charge in [0, 0.05) is 77.3 Å². The van der Waals surface area contributed by atoms with Gasteiger partial charge in [-0.3, -0.25) is 0 Å². The fourth-order valence-corrected chi connectivity index (χ4v) is 15.7. The molecule has 21 nitrogen and oxygen atoms in total. The molecule has 1 aromatic rings. The number of carbonyl (C=O) groups excluding carboxylic acids is 1. The number of fused-ring (bicyclic) bond motifs is 5. The van der Waals surface area contributed by atoms with Gasteiger partial charge >= 0.3 is 5.97 Å². The summed E-state index contributed by atoms with van der Waals surface area (Å²) >= 11 is 0. The number of aliphatic hydroxyl groups excluding tert-OH is 4. The second-order valence-corrected chi connectivity index (χ2v) is 24.7. The normalized spacial score (nSPS) is 50.2. The number of hydrogen-bond donors (Lipinski definition) is 8. The highest BCUT2D eigenvalue weighted by molar-refractivity contribution is 5.82. The minimum absolute atomic E-state index is 0.0211. The van der Waals surface area contributed by atoms with Crippen LogP contribution in [0.2, 0.25) is 0 Å². The van der Waals surface area contributed by atoms with Gasteiger partial charge in [-0.2, -0.15) is 0 Å². The number of benzene rings is 1. The van der Waals surface area contributed by atoms with E-state index in [9.17, 15) is 45.6 Å². The van der Waals surface area contributed by atoms with E-state index in [1.165, 1.54) is 26.0 Å². The fraction of sp³-hybridized carbons (Fsp3) is 0.814. The third kappa shape index (κ3) is 10.9. The van der Waals surface area contributed by atoms with Crippen LogP contribution in [-0.4, -0.2) is 213 Å². The van der Waals surface area contributed by atoms with E-state index in [0.29, 0.717) is 19.3 Å². The second kappa shape index (κ2) is 24.1. The first kappa shape index (κ1) is 62.0. The highest BCUT2D eigenvalue weighted by Gasteiger charge is 2.83. The van der Waals surface area contributed by atoms with E-state index in [1.54, 1.807) is 48.2 Å². The van der Waals surface area contributed by atoms with Gasteiger partial charge in [0.1, 0.15) is 47.3 Å². The van der Waals surface area contributed by atoms with Crippen molar-refractivity contribution in [1.82, 2.24) is 0 Å². The smallest absolute Gasteiger partial charge is 0.331 e. The maximum atomic E-state index is 13.0. The summed E-state index contributed by atoms with van der Waals surface area (Å²) in [5.41, 5.74) is -10.3. The van der Waals surface area contributed by atoms with Gasteiger partial charge in [0.25, 0.3) is 0 Å². The lowest BCUT2D eigenvalue weighted by molar-refractivity contribution is -0.375. The summed E-state index contributed by atoms with van der Waals surface area (Å²) in [6.45, 7) is 12.0. The Kier molecular flexibility index (Phi) is 18.6. The summed E-state index contributed by atoms with van der Waals surface area (Å²) in [5.74, 6) is -1.69. The van der Waals surface area contributed by atoms with Crippen molar-refractivity contribution in [3.05, 3.63) is 54.1 Å². The molecule has 0 unspecified atom stereocenters. The first-order chi connectivity index (χ1) is 37.8. The van der Waals surface area contributed by atoms with Crippen LogP contribution in [-0.2, 0) is 61.6 Å². The van der Waals surface area contributed by atoms with Crippen molar-refractivity contribution in [3.8, 4) is 0 Å². The molecule has 4 saturated carbocycles. The van der Waals surface area contributed by atoms with E-state index in [4.69, 9.17) is 56.8 Å². The molecule has 0 bridgehead atoms. The molecule has 8 fully saturated rings. The molecule has 4 aliphatic carbocycles. The molecule has 80 heavy (non-hydrogen) atoms. The lowest BCUT2D eigenvalue weighted by Gasteiger charge is -2.71. The quantitative estimate of drug-likeness (QED) is 0.0511. The van der Waals surface area contributed by atoms with Crippen LogP contribution in [0.1, 0.15) is 125 Å². The first-order valence-electron chi connectivity index (χ1n) is 28.8. The minimum Gasteiger partial charge on any atom is -0.456 e. The Morgan fingerprint density at radius 2 is 1.16 bits per heavy atom. The van der Waals surface area contributed by atoms with Gasteiger partial charge in [0.05, 0.1) is 78.2 Å². The van der Waals surface area contributed by atoms with Crippen molar-refractivity contribution >= 4 is 12.0 Å². The molecule has 1 aromatic carbocycles. The summed E-state index contributed by atoms with van der Waals surface area (Å²) in [6, 6.07) is 9.51. The van der Waals surface area contributed by atoms with Crippen LogP contribution in [0, 0.1) is 16.7 Å². The number of allylic oxidation sites excluding steroid dienone is 2. The standard InChI is InChI=1S/C59H90O21/c1-31-50(64)39(69-8)25-47(72-31)79-52-34(4)75-49(27-41(52)71-10)80-53-33(3)74-48(26-40(53)70-9)78-51-32(2)73-46(24-38(51)60)77-37-20-21-54(6)42-28-43(61)55(7)56(65,22-23-59(55,68)57(42,66)30-44(62)58(54,67)29-37)35(5)76-45(63)19-15-14-18-36-16-12-11-13-17-36/h11-19,31-35,37-44,46-53,60-62,64-68H,20-30H2,1-10H3/b18-14+,19-15+/t31-,32-,33+,34-,35+,37+,38+,39-,40-,41+,42-,43-,44-,46+,47+,48+,49+,50-,51-,52-,53+,54-,55-,56-,57+,58+,59-/m1/s1. The number of carbonyl (C=O) groups is 1. The molecule has 9 rings (SSSR count). The van der Waals surface area contributed by atoms with Crippen LogP contribution in [0.15, 0.2) is 48.6 Å². The van der Waals surface area contributed by atoms with Crippen LogP contribution in [0.4, 0.5) is 0 Å². The summed E-state index contributed by atoms with van der Waals surface area (Å²) in [6.07, 6.45) is -8.34. The first-order valence-corrected chi connectivity index (χ1v) is 28.8. The summed E-state index contributed by atoms with van der Waals surface area (Å²) in [7, 11) is 4.74. The molecule has 8 N–H and O–H groups in total. The van der Waals surface area contributed by atoms with Gasteiger partial charge in [0.15, 0.2) is 25.2 Å². The largest absolute Gasteiger partial charge is 0.456 e. The van der Waals surface area contributed by atoms with Gasteiger partial charge < -0.3 is 97.7 Å². The number of aliphatic hydroxyl groups is 8. The number of methoxy groups -OCH3 is 3. The van der Waals surface area contributed by atoms with Crippen molar-refractivity contribution in [2.24, 2.45) is 16.7 Å². The average molecular weight is 1140 g/mol. The van der Waals surface area contributed by atoms with Gasteiger partial charge in [-0.1, -0.05) is 62.4 Å². The van der Waals surface area contributed by atoms with Crippen molar-refractivity contribution in [1.29, 1.82) is 0 Å². The SMILES string of the molecule is CO[C@H]1C[C@H](O[C@H]2[C@H](C)O[C@@H](O[C@H]3[C@@H](O)C[C@H](O[C@H]4CC[C@]5(C)[C@H]6C[C@@H](O)[C@@]7(C)[C@](O)(CC[C@@]7(O)[C@H](C)OC(=O)/C=C/C=C/c7ccccc7)[C@]6(O)C[C@@H](O)[C@@]5(O)C4)O[C@@H]3C)C[C@H]2OC)O[C@H](C)[C@H]1O[C@H]1C[C@@H](OC)[C@H](O)[C@@H](C)O1.